The van der Waals surface area contributed by atoms with Crippen molar-refractivity contribution in [2.45, 2.75) is 19.1 Å². The summed E-state index contributed by atoms with van der Waals surface area (Å²) in [7, 11) is 0. The Morgan fingerprint density at radius 3 is 2.53 bits per heavy atom. The third-order valence-electron chi connectivity index (χ3n) is 4.93. The zero-order chi connectivity index (χ0) is 22.9. The molecular weight excluding hydrogens is 439 g/mol. The maximum Gasteiger partial charge on any atom is 0.416 e. The molecule has 0 saturated heterocycles. The molecule has 9 heteroatoms. The van der Waals surface area contributed by atoms with Gasteiger partial charge in [-0.2, -0.15) is 13.2 Å². The summed E-state index contributed by atoms with van der Waals surface area (Å²) >= 11 is 5.23. The molecule has 0 saturated carbocycles. The molecule has 3 aromatic rings. The van der Waals surface area contributed by atoms with E-state index in [2.05, 4.69) is 16.0 Å². The summed E-state index contributed by atoms with van der Waals surface area (Å²) in [6, 6.07) is 16.3. The van der Waals surface area contributed by atoms with Gasteiger partial charge >= 0.3 is 6.18 Å². The molecule has 2 heterocycles. The van der Waals surface area contributed by atoms with Crippen molar-refractivity contribution in [1.82, 2.24) is 10.6 Å². The van der Waals surface area contributed by atoms with Crippen LogP contribution in [0.5, 0.6) is 0 Å². The van der Waals surface area contributed by atoms with E-state index in [1.165, 1.54) is 12.1 Å². The van der Waals surface area contributed by atoms with Crippen molar-refractivity contribution in [3.8, 4) is 11.3 Å². The number of para-hydroxylation sites is 1. The van der Waals surface area contributed by atoms with Gasteiger partial charge in [0.2, 0.25) is 0 Å². The van der Waals surface area contributed by atoms with Gasteiger partial charge in [-0.25, -0.2) is 0 Å². The molecule has 2 aromatic carbocycles. The summed E-state index contributed by atoms with van der Waals surface area (Å²) in [5, 5.41) is 9.08. The maximum absolute atomic E-state index is 13.1. The summed E-state index contributed by atoms with van der Waals surface area (Å²) in [4.78, 5) is 13.0. The maximum atomic E-state index is 13.1. The first-order valence-electron chi connectivity index (χ1n) is 9.64. The summed E-state index contributed by atoms with van der Waals surface area (Å²) in [6.45, 7) is 1.72. The lowest BCUT2D eigenvalue weighted by Crippen LogP contribution is -2.45. The van der Waals surface area contributed by atoms with E-state index < -0.39 is 17.8 Å². The fourth-order valence-corrected chi connectivity index (χ4v) is 3.71. The number of amides is 1. The third kappa shape index (κ3) is 4.52. The number of hydrogen-bond acceptors (Lipinski definition) is 3. The molecular formula is C23H18F3N3O2S. The summed E-state index contributed by atoms with van der Waals surface area (Å²) in [5.41, 5.74) is 1.02. The molecule has 1 atom stereocenters. The lowest BCUT2D eigenvalue weighted by atomic mass is 10.00. The van der Waals surface area contributed by atoms with E-state index in [0.717, 1.165) is 12.1 Å². The van der Waals surface area contributed by atoms with E-state index in [9.17, 15) is 18.0 Å². The first-order chi connectivity index (χ1) is 15.2. The van der Waals surface area contributed by atoms with E-state index in [4.69, 9.17) is 16.6 Å². The van der Waals surface area contributed by atoms with Crippen LogP contribution in [-0.4, -0.2) is 11.0 Å². The van der Waals surface area contributed by atoms with Gasteiger partial charge in [-0.1, -0.05) is 30.3 Å². The Morgan fingerprint density at radius 2 is 1.81 bits per heavy atom. The SMILES string of the molecule is CC1=C(C(=O)Nc2ccccc2)[C@@H](c2ccc(-c3cccc(C(F)(F)F)c3)o2)NC(=S)N1. The van der Waals surface area contributed by atoms with Gasteiger partial charge in [0.05, 0.1) is 11.1 Å². The lowest BCUT2D eigenvalue weighted by molar-refractivity contribution is -0.137. The topological polar surface area (TPSA) is 66.3 Å². The van der Waals surface area contributed by atoms with Crippen molar-refractivity contribution in [3.05, 3.63) is 89.3 Å². The number of nitrogens with one attached hydrogen (secondary N) is 3. The first kappa shape index (κ1) is 21.6. The summed E-state index contributed by atoms with van der Waals surface area (Å²) in [5.74, 6) is 0.231. The number of benzene rings is 2. The van der Waals surface area contributed by atoms with Gasteiger partial charge in [-0.3, -0.25) is 4.79 Å². The van der Waals surface area contributed by atoms with Crippen LogP contribution >= 0.6 is 12.2 Å². The van der Waals surface area contributed by atoms with Crippen LogP contribution in [0.25, 0.3) is 11.3 Å². The van der Waals surface area contributed by atoms with Gasteiger partial charge in [0, 0.05) is 16.9 Å². The molecule has 0 aliphatic carbocycles. The van der Waals surface area contributed by atoms with Crippen LogP contribution in [0.2, 0.25) is 0 Å². The van der Waals surface area contributed by atoms with Gasteiger partial charge in [0.15, 0.2) is 5.11 Å². The average Bonchev–Trinajstić information content (AvgIpc) is 3.23. The highest BCUT2D eigenvalue weighted by Crippen LogP contribution is 2.35. The van der Waals surface area contributed by atoms with Crippen molar-refractivity contribution < 1.29 is 22.4 Å². The van der Waals surface area contributed by atoms with Crippen LogP contribution in [0.1, 0.15) is 24.3 Å². The van der Waals surface area contributed by atoms with E-state index in [1.54, 1.807) is 43.3 Å². The van der Waals surface area contributed by atoms with E-state index >= 15 is 0 Å². The van der Waals surface area contributed by atoms with Crippen molar-refractivity contribution >= 4 is 28.9 Å². The predicted octanol–water partition coefficient (Wildman–Crippen LogP) is 5.40. The molecule has 4 rings (SSSR count). The van der Waals surface area contributed by atoms with Crippen LogP contribution < -0.4 is 16.0 Å². The number of hydrogen-bond donors (Lipinski definition) is 3. The van der Waals surface area contributed by atoms with Gasteiger partial charge in [0.25, 0.3) is 5.91 Å². The second-order valence-corrected chi connectivity index (χ2v) is 7.58. The molecule has 164 valence electrons. The molecule has 1 aliphatic heterocycles. The largest absolute Gasteiger partial charge is 0.459 e. The Labute approximate surface area is 187 Å². The minimum Gasteiger partial charge on any atom is -0.459 e. The van der Waals surface area contributed by atoms with Crippen LogP contribution in [0.4, 0.5) is 18.9 Å². The molecule has 0 spiro atoms. The highest BCUT2D eigenvalue weighted by atomic mass is 32.1. The molecule has 32 heavy (non-hydrogen) atoms. The molecule has 1 aromatic heterocycles. The van der Waals surface area contributed by atoms with Crippen LogP contribution in [0.15, 0.2) is 82.4 Å². The lowest BCUT2D eigenvalue weighted by Gasteiger charge is -2.28. The van der Waals surface area contributed by atoms with Gasteiger partial charge in [-0.05, 0) is 55.5 Å². The van der Waals surface area contributed by atoms with E-state index in [-0.39, 0.29) is 17.2 Å². The van der Waals surface area contributed by atoms with Crippen molar-refractivity contribution in [2.75, 3.05) is 5.32 Å². The van der Waals surface area contributed by atoms with Crippen LogP contribution in [-0.2, 0) is 11.0 Å². The fourth-order valence-electron chi connectivity index (χ4n) is 3.44. The minimum absolute atomic E-state index is 0.248. The number of carbonyl (C=O) groups excluding carboxylic acids is 1. The molecule has 1 aliphatic rings. The number of allylic oxidation sites excluding steroid dienone is 1. The van der Waals surface area contributed by atoms with Crippen LogP contribution in [0, 0.1) is 0 Å². The average molecular weight is 457 g/mol. The second-order valence-electron chi connectivity index (χ2n) is 7.17. The van der Waals surface area contributed by atoms with E-state index in [0.29, 0.717) is 27.8 Å². The Hall–Kier alpha value is -3.59. The fraction of sp³-hybridized carbons (Fsp3) is 0.130. The monoisotopic (exact) mass is 457 g/mol. The third-order valence-corrected chi connectivity index (χ3v) is 5.15. The Morgan fingerprint density at radius 1 is 1.06 bits per heavy atom. The number of halogens is 3. The van der Waals surface area contributed by atoms with Crippen molar-refractivity contribution in [1.29, 1.82) is 0 Å². The molecule has 5 nitrogen and oxygen atoms in total. The summed E-state index contributed by atoms with van der Waals surface area (Å²) < 4.78 is 45.1. The number of thiocarbonyl (C=S) groups is 1. The Bertz CT molecular complexity index is 1200. The molecule has 0 unspecified atom stereocenters. The van der Waals surface area contributed by atoms with Crippen molar-refractivity contribution in [2.24, 2.45) is 0 Å². The number of rotatable bonds is 4. The minimum atomic E-state index is -4.46. The van der Waals surface area contributed by atoms with Crippen LogP contribution in [0.3, 0.4) is 0 Å². The standard InChI is InChI=1S/C23H18F3N3O2S/c1-13-19(21(30)28-16-8-3-2-4-9-16)20(29-22(32)27-13)18-11-10-17(31-18)14-6-5-7-15(12-14)23(24,25)26/h2-12,20H,1H3,(H,28,30)(H2,27,29,32)/t20-/m1/s1. The normalized spacial score (nSPS) is 16.4. The number of alkyl halides is 3. The predicted molar refractivity (Wildman–Crippen MR) is 119 cm³/mol. The number of furan rings is 1. The highest BCUT2D eigenvalue weighted by molar-refractivity contribution is 7.80. The molecule has 3 N–H and O–H groups in total. The first-order valence-corrected chi connectivity index (χ1v) is 10.1. The molecule has 1 amide bonds. The second kappa shape index (κ2) is 8.51. The van der Waals surface area contributed by atoms with Crippen molar-refractivity contribution in [3.63, 3.8) is 0 Å². The molecule has 0 bridgehead atoms. The van der Waals surface area contributed by atoms with Gasteiger partial charge < -0.3 is 20.4 Å². The quantitative estimate of drug-likeness (QED) is 0.458. The number of anilines is 1. The van der Waals surface area contributed by atoms with Gasteiger partial charge in [-0.15, -0.1) is 0 Å². The Kier molecular flexibility index (Phi) is 5.75. The highest BCUT2D eigenvalue weighted by Gasteiger charge is 2.33. The molecule has 0 fully saturated rings. The zero-order valence-electron chi connectivity index (χ0n) is 16.8. The number of carbonyl (C=O) groups is 1. The van der Waals surface area contributed by atoms with E-state index in [1.807, 2.05) is 6.07 Å². The zero-order valence-corrected chi connectivity index (χ0v) is 17.6. The molecule has 0 radical (unpaired) electrons. The summed E-state index contributed by atoms with van der Waals surface area (Å²) in [6.07, 6.45) is -4.46. The smallest absolute Gasteiger partial charge is 0.416 e. The van der Waals surface area contributed by atoms with Gasteiger partial charge in [0.1, 0.15) is 17.6 Å². The Balaban J connectivity index is 1.66.